The number of hydrogen-bond donors (Lipinski definition) is 1. The molecule has 1 atom stereocenters. The monoisotopic (exact) mass is 245 g/mol. The minimum absolute atomic E-state index is 0.199. The van der Waals surface area contributed by atoms with Gasteiger partial charge in [-0.2, -0.15) is 0 Å². The Morgan fingerprint density at radius 3 is 3.17 bits per heavy atom. The number of nitrogens with two attached hydrogens (primary N) is 1. The number of hydrogen-bond acceptors (Lipinski definition) is 2. The average molecular weight is 245 g/mol. The maximum atomic E-state index is 13.1. The predicted octanol–water partition coefficient (Wildman–Crippen LogP) is 1.89. The van der Waals surface area contributed by atoms with Gasteiger partial charge in [0.2, 0.25) is 0 Å². The summed E-state index contributed by atoms with van der Waals surface area (Å²) in [4.78, 5) is 4.44. The van der Waals surface area contributed by atoms with Crippen molar-refractivity contribution in [2.45, 2.75) is 31.8 Å². The first-order chi connectivity index (χ1) is 8.72. The summed E-state index contributed by atoms with van der Waals surface area (Å²) in [7, 11) is 0. The molecule has 0 saturated heterocycles. The highest BCUT2D eigenvalue weighted by Crippen LogP contribution is 2.18. The molecule has 0 saturated carbocycles. The Morgan fingerprint density at radius 2 is 2.33 bits per heavy atom. The molecule has 2 aromatic rings. The SMILES string of the molecule is NC1CCc2cnc(Cc3cccc(F)c3)n2C1. The van der Waals surface area contributed by atoms with Crippen LogP contribution in [0.15, 0.2) is 30.5 Å². The number of benzene rings is 1. The molecule has 94 valence electrons. The molecular formula is C14H16FN3. The van der Waals surface area contributed by atoms with Crippen LogP contribution in [0, 0.1) is 5.82 Å². The smallest absolute Gasteiger partial charge is 0.123 e. The second-order valence-corrected chi connectivity index (χ2v) is 4.88. The summed E-state index contributed by atoms with van der Waals surface area (Å²) in [5.41, 5.74) is 8.17. The molecule has 2 heterocycles. The van der Waals surface area contributed by atoms with E-state index >= 15 is 0 Å². The Balaban J connectivity index is 1.87. The summed E-state index contributed by atoms with van der Waals surface area (Å²) >= 11 is 0. The minimum Gasteiger partial charge on any atom is -0.330 e. The third kappa shape index (κ3) is 2.16. The summed E-state index contributed by atoms with van der Waals surface area (Å²) in [5.74, 6) is 0.778. The van der Waals surface area contributed by atoms with Crippen LogP contribution in [0.5, 0.6) is 0 Å². The van der Waals surface area contributed by atoms with Gasteiger partial charge in [-0.15, -0.1) is 0 Å². The molecule has 0 radical (unpaired) electrons. The summed E-state index contributed by atoms with van der Waals surface area (Å²) in [5, 5.41) is 0. The summed E-state index contributed by atoms with van der Waals surface area (Å²) < 4.78 is 15.3. The predicted molar refractivity (Wildman–Crippen MR) is 67.7 cm³/mol. The van der Waals surface area contributed by atoms with E-state index < -0.39 is 0 Å². The number of nitrogens with zero attached hydrogens (tertiary/aromatic N) is 2. The van der Waals surface area contributed by atoms with Gasteiger partial charge in [-0.05, 0) is 30.5 Å². The third-order valence-electron chi connectivity index (χ3n) is 3.46. The van der Waals surface area contributed by atoms with Gasteiger partial charge in [0, 0.05) is 30.9 Å². The van der Waals surface area contributed by atoms with Gasteiger partial charge in [-0.1, -0.05) is 12.1 Å². The lowest BCUT2D eigenvalue weighted by Crippen LogP contribution is -2.32. The highest BCUT2D eigenvalue weighted by atomic mass is 19.1. The fraction of sp³-hybridized carbons (Fsp3) is 0.357. The highest BCUT2D eigenvalue weighted by Gasteiger charge is 2.18. The van der Waals surface area contributed by atoms with Crippen molar-refractivity contribution in [1.29, 1.82) is 0 Å². The van der Waals surface area contributed by atoms with Crippen LogP contribution in [0.1, 0.15) is 23.5 Å². The van der Waals surface area contributed by atoms with Gasteiger partial charge < -0.3 is 10.3 Å². The number of halogens is 1. The molecule has 0 spiro atoms. The van der Waals surface area contributed by atoms with Crippen LogP contribution < -0.4 is 5.73 Å². The van der Waals surface area contributed by atoms with Gasteiger partial charge in [-0.3, -0.25) is 0 Å². The summed E-state index contributed by atoms with van der Waals surface area (Å²) in [6.07, 6.45) is 4.58. The number of imidazole rings is 1. The van der Waals surface area contributed by atoms with E-state index in [9.17, 15) is 4.39 Å². The molecule has 1 aromatic carbocycles. The number of fused-ring (bicyclic) bond motifs is 1. The number of aryl methyl sites for hydroxylation is 1. The molecule has 1 aliphatic rings. The van der Waals surface area contributed by atoms with E-state index in [1.54, 1.807) is 12.1 Å². The molecule has 0 fully saturated rings. The van der Waals surface area contributed by atoms with Crippen molar-refractivity contribution in [3.63, 3.8) is 0 Å². The van der Waals surface area contributed by atoms with Gasteiger partial charge in [0.15, 0.2) is 0 Å². The number of aromatic nitrogens is 2. The van der Waals surface area contributed by atoms with Crippen LogP contribution in [0.25, 0.3) is 0 Å². The molecule has 1 aliphatic heterocycles. The second-order valence-electron chi connectivity index (χ2n) is 4.88. The standard InChI is InChI=1S/C14H16FN3/c15-11-3-1-2-10(6-11)7-14-17-8-13-5-4-12(16)9-18(13)14/h1-3,6,8,12H,4-5,7,9,16H2. The highest BCUT2D eigenvalue weighted by molar-refractivity contribution is 5.22. The Morgan fingerprint density at radius 1 is 1.44 bits per heavy atom. The largest absolute Gasteiger partial charge is 0.330 e. The lowest BCUT2D eigenvalue weighted by molar-refractivity contribution is 0.451. The molecule has 1 unspecified atom stereocenters. The van der Waals surface area contributed by atoms with Crippen molar-refractivity contribution >= 4 is 0 Å². The molecule has 0 amide bonds. The van der Waals surface area contributed by atoms with Crippen molar-refractivity contribution in [3.8, 4) is 0 Å². The topological polar surface area (TPSA) is 43.8 Å². The minimum atomic E-state index is -0.199. The van der Waals surface area contributed by atoms with Gasteiger partial charge in [0.1, 0.15) is 11.6 Å². The fourth-order valence-corrected chi connectivity index (χ4v) is 2.51. The van der Waals surface area contributed by atoms with Crippen LogP contribution in [0.2, 0.25) is 0 Å². The molecule has 2 N–H and O–H groups in total. The van der Waals surface area contributed by atoms with Gasteiger partial charge >= 0.3 is 0 Å². The summed E-state index contributed by atoms with van der Waals surface area (Å²) in [6.45, 7) is 0.819. The lowest BCUT2D eigenvalue weighted by atomic mass is 10.1. The van der Waals surface area contributed by atoms with E-state index in [1.165, 1.54) is 11.8 Å². The van der Waals surface area contributed by atoms with Crippen LogP contribution in [-0.4, -0.2) is 15.6 Å². The Labute approximate surface area is 105 Å². The first-order valence-corrected chi connectivity index (χ1v) is 6.25. The maximum Gasteiger partial charge on any atom is 0.123 e. The van der Waals surface area contributed by atoms with E-state index in [0.717, 1.165) is 30.8 Å². The normalized spacial score (nSPS) is 18.7. The molecule has 0 aliphatic carbocycles. The first kappa shape index (κ1) is 11.4. The van der Waals surface area contributed by atoms with Gasteiger partial charge in [0.05, 0.1) is 0 Å². The van der Waals surface area contributed by atoms with E-state index in [-0.39, 0.29) is 11.9 Å². The molecule has 4 heteroatoms. The van der Waals surface area contributed by atoms with E-state index in [1.807, 2.05) is 12.3 Å². The Hall–Kier alpha value is -1.68. The van der Waals surface area contributed by atoms with Gasteiger partial charge in [0.25, 0.3) is 0 Å². The fourth-order valence-electron chi connectivity index (χ4n) is 2.51. The molecule has 1 aromatic heterocycles. The lowest BCUT2D eigenvalue weighted by Gasteiger charge is -2.22. The molecule has 3 nitrogen and oxygen atoms in total. The molecule has 0 bridgehead atoms. The van der Waals surface area contributed by atoms with Crippen LogP contribution >= 0.6 is 0 Å². The molecule has 3 rings (SSSR count). The first-order valence-electron chi connectivity index (χ1n) is 6.25. The van der Waals surface area contributed by atoms with Crippen molar-refractivity contribution in [3.05, 3.63) is 53.4 Å². The van der Waals surface area contributed by atoms with E-state index in [2.05, 4.69) is 9.55 Å². The summed E-state index contributed by atoms with van der Waals surface area (Å²) in [6, 6.07) is 6.88. The molecule has 18 heavy (non-hydrogen) atoms. The van der Waals surface area contributed by atoms with Crippen LogP contribution in [-0.2, 0) is 19.4 Å². The van der Waals surface area contributed by atoms with Crippen molar-refractivity contribution < 1.29 is 4.39 Å². The Bertz CT molecular complexity index is 562. The zero-order valence-corrected chi connectivity index (χ0v) is 10.1. The van der Waals surface area contributed by atoms with Crippen molar-refractivity contribution in [2.75, 3.05) is 0 Å². The third-order valence-corrected chi connectivity index (χ3v) is 3.46. The van der Waals surface area contributed by atoms with Crippen molar-refractivity contribution in [2.24, 2.45) is 5.73 Å². The van der Waals surface area contributed by atoms with Gasteiger partial charge in [-0.25, -0.2) is 9.37 Å². The quantitative estimate of drug-likeness (QED) is 0.878. The van der Waals surface area contributed by atoms with E-state index in [0.29, 0.717) is 6.42 Å². The zero-order valence-electron chi connectivity index (χ0n) is 10.1. The zero-order chi connectivity index (χ0) is 12.5. The van der Waals surface area contributed by atoms with E-state index in [4.69, 9.17) is 5.73 Å². The van der Waals surface area contributed by atoms with Crippen LogP contribution in [0.3, 0.4) is 0 Å². The van der Waals surface area contributed by atoms with Crippen molar-refractivity contribution in [1.82, 2.24) is 9.55 Å². The maximum absolute atomic E-state index is 13.1. The Kier molecular flexibility index (Phi) is 2.88. The van der Waals surface area contributed by atoms with Crippen LogP contribution in [0.4, 0.5) is 4.39 Å². The second kappa shape index (κ2) is 4.53. The number of rotatable bonds is 2. The molecular weight excluding hydrogens is 229 g/mol. The average Bonchev–Trinajstić information content (AvgIpc) is 2.72.